The molecule has 0 radical (unpaired) electrons. The molecule has 0 aromatic heterocycles. The SMILES string of the molecule is CC1CN(C(=O)NC(C(=O)O)C(C)O)CC(C)O1. The lowest BCUT2D eigenvalue weighted by Gasteiger charge is -2.36. The minimum Gasteiger partial charge on any atom is -0.480 e. The molecule has 1 heterocycles. The second-order valence-electron chi connectivity index (χ2n) is 4.67. The molecule has 3 N–H and O–H groups in total. The summed E-state index contributed by atoms with van der Waals surface area (Å²) in [6.07, 6.45) is -1.33. The van der Waals surface area contributed by atoms with Gasteiger partial charge in [0.05, 0.1) is 18.3 Å². The number of hydrogen-bond acceptors (Lipinski definition) is 4. The number of carbonyl (C=O) groups is 2. The number of carboxylic acids is 1. The zero-order chi connectivity index (χ0) is 13.9. The first kappa shape index (κ1) is 14.7. The van der Waals surface area contributed by atoms with Gasteiger partial charge >= 0.3 is 12.0 Å². The molecule has 0 aromatic rings. The van der Waals surface area contributed by atoms with Crippen LogP contribution < -0.4 is 5.32 Å². The van der Waals surface area contributed by atoms with Crippen LogP contribution in [0.25, 0.3) is 0 Å². The first-order chi connectivity index (χ1) is 8.31. The highest BCUT2D eigenvalue weighted by Gasteiger charge is 2.30. The number of carboxylic acid groups (broad SMARTS) is 1. The maximum atomic E-state index is 11.9. The van der Waals surface area contributed by atoms with Gasteiger partial charge in [0.1, 0.15) is 0 Å². The van der Waals surface area contributed by atoms with Crippen molar-refractivity contribution in [2.75, 3.05) is 13.1 Å². The van der Waals surface area contributed by atoms with Crippen LogP contribution in [0.3, 0.4) is 0 Å². The van der Waals surface area contributed by atoms with Crippen molar-refractivity contribution in [1.29, 1.82) is 0 Å². The van der Waals surface area contributed by atoms with Crippen LogP contribution in [0.1, 0.15) is 20.8 Å². The molecule has 1 rings (SSSR count). The van der Waals surface area contributed by atoms with Crippen molar-refractivity contribution in [2.45, 2.75) is 45.1 Å². The van der Waals surface area contributed by atoms with E-state index in [0.29, 0.717) is 13.1 Å². The van der Waals surface area contributed by atoms with Crippen LogP contribution in [0.15, 0.2) is 0 Å². The Bertz CT molecular complexity index is 311. The Kier molecular flexibility index (Phi) is 4.92. The number of carbonyl (C=O) groups excluding carboxylic acids is 1. The third-order valence-corrected chi connectivity index (χ3v) is 2.73. The largest absolute Gasteiger partial charge is 0.480 e. The number of aliphatic hydroxyl groups is 1. The molecular weight excluding hydrogens is 240 g/mol. The topological polar surface area (TPSA) is 99.1 Å². The van der Waals surface area contributed by atoms with Gasteiger partial charge in [-0.3, -0.25) is 0 Å². The predicted octanol–water partition coefficient (Wildman–Crippen LogP) is -0.361. The molecule has 1 aliphatic heterocycles. The average Bonchev–Trinajstić information content (AvgIpc) is 2.23. The predicted molar refractivity (Wildman–Crippen MR) is 63.2 cm³/mol. The maximum Gasteiger partial charge on any atom is 0.328 e. The molecule has 4 unspecified atom stereocenters. The fraction of sp³-hybridized carbons (Fsp3) is 0.818. The van der Waals surface area contributed by atoms with Gasteiger partial charge in [-0.1, -0.05) is 0 Å². The first-order valence-electron chi connectivity index (χ1n) is 5.93. The van der Waals surface area contributed by atoms with E-state index in [1.165, 1.54) is 11.8 Å². The van der Waals surface area contributed by atoms with Crippen molar-refractivity contribution in [3.8, 4) is 0 Å². The fourth-order valence-electron chi connectivity index (χ4n) is 1.96. The molecule has 7 nitrogen and oxygen atoms in total. The lowest BCUT2D eigenvalue weighted by atomic mass is 10.2. The Morgan fingerprint density at radius 3 is 2.22 bits per heavy atom. The minimum absolute atomic E-state index is 0.0886. The van der Waals surface area contributed by atoms with Gasteiger partial charge < -0.3 is 25.2 Å². The lowest BCUT2D eigenvalue weighted by Crippen LogP contribution is -2.56. The zero-order valence-corrected chi connectivity index (χ0v) is 10.8. The summed E-state index contributed by atoms with van der Waals surface area (Å²) in [4.78, 5) is 24.3. The summed E-state index contributed by atoms with van der Waals surface area (Å²) >= 11 is 0. The number of morpholine rings is 1. The van der Waals surface area contributed by atoms with E-state index < -0.39 is 24.1 Å². The van der Waals surface area contributed by atoms with Crippen LogP contribution in [0, 0.1) is 0 Å². The van der Waals surface area contributed by atoms with Crippen LogP contribution in [0.2, 0.25) is 0 Å². The van der Waals surface area contributed by atoms with E-state index in [2.05, 4.69) is 5.32 Å². The molecule has 104 valence electrons. The Labute approximate surface area is 106 Å². The minimum atomic E-state index is -1.30. The molecule has 0 aliphatic carbocycles. The van der Waals surface area contributed by atoms with E-state index >= 15 is 0 Å². The summed E-state index contributed by atoms with van der Waals surface area (Å²) in [5.74, 6) is -1.26. The number of amides is 2. The second-order valence-corrected chi connectivity index (χ2v) is 4.67. The van der Waals surface area contributed by atoms with Crippen LogP contribution in [0.4, 0.5) is 4.79 Å². The monoisotopic (exact) mass is 260 g/mol. The summed E-state index contributed by atoms with van der Waals surface area (Å²) in [5.41, 5.74) is 0. The number of aliphatic carboxylic acids is 1. The third kappa shape index (κ3) is 3.85. The van der Waals surface area contributed by atoms with Gasteiger partial charge in [-0.25, -0.2) is 9.59 Å². The zero-order valence-electron chi connectivity index (χ0n) is 10.8. The molecule has 0 aromatic carbocycles. The molecule has 4 atom stereocenters. The molecular formula is C11H20N2O5. The summed E-state index contributed by atoms with van der Waals surface area (Å²) in [5, 5.41) is 20.5. The molecule has 0 spiro atoms. The molecule has 1 aliphatic rings. The number of aliphatic hydroxyl groups excluding tert-OH is 1. The number of hydrogen-bond donors (Lipinski definition) is 3. The van der Waals surface area contributed by atoms with E-state index in [0.717, 1.165) is 0 Å². The van der Waals surface area contributed by atoms with Crippen molar-refractivity contribution < 1.29 is 24.5 Å². The van der Waals surface area contributed by atoms with Crippen molar-refractivity contribution in [3.05, 3.63) is 0 Å². The number of rotatable bonds is 3. The Morgan fingerprint density at radius 1 is 1.33 bits per heavy atom. The van der Waals surface area contributed by atoms with Gasteiger partial charge in [-0.05, 0) is 20.8 Å². The van der Waals surface area contributed by atoms with Crippen LogP contribution in [-0.2, 0) is 9.53 Å². The van der Waals surface area contributed by atoms with Crippen molar-refractivity contribution >= 4 is 12.0 Å². The fourth-order valence-corrected chi connectivity index (χ4v) is 1.96. The molecule has 0 bridgehead atoms. The highest BCUT2D eigenvalue weighted by Crippen LogP contribution is 2.11. The number of nitrogens with zero attached hydrogens (tertiary/aromatic N) is 1. The molecule has 7 heteroatoms. The second kappa shape index (κ2) is 6.01. The highest BCUT2D eigenvalue weighted by atomic mass is 16.5. The maximum absolute atomic E-state index is 11.9. The summed E-state index contributed by atoms with van der Waals surface area (Å²) in [6, 6.07) is -1.80. The smallest absolute Gasteiger partial charge is 0.328 e. The summed E-state index contributed by atoms with van der Waals surface area (Å²) in [6.45, 7) is 5.83. The van der Waals surface area contributed by atoms with E-state index in [1.54, 1.807) is 0 Å². The Morgan fingerprint density at radius 2 is 1.83 bits per heavy atom. The Balaban J connectivity index is 2.61. The normalized spacial score (nSPS) is 27.4. The van der Waals surface area contributed by atoms with Gasteiger partial charge in [-0.15, -0.1) is 0 Å². The molecule has 1 fully saturated rings. The number of nitrogens with one attached hydrogen (secondary N) is 1. The highest BCUT2D eigenvalue weighted by molar-refractivity contribution is 5.83. The number of urea groups is 1. The van der Waals surface area contributed by atoms with Crippen LogP contribution in [-0.4, -0.2) is 64.6 Å². The van der Waals surface area contributed by atoms with Gasteiger partial charge in [-0.2, -0.15) is 0 Å². The quantitative estimate of drug-likeness (QED) is 0.643. The van der Waals surface area contributed by atoms with E-state index in [9.17, 15) is 14.7 Å². The van der Waals surface area contributed by atoms with Crippen molar-refractivity contribution in [3.63, 3.8) is 0 Å². The van der Waals surface area contributed by atoms with Gasteiger partial charge in [0.15, 0.2) is 6.04 Å². The molecule has 2 amide bonds. The van der Waals surface area contributed by atoms with E-state index in [4.69, 9.17) is 9.84 Å². The third-order valence-electron chi connectivity index (χ3n) is 2.73. The summed E-state index contributed by atoms with van der Waals surface area (Å²) in [7, 11) is 0. The Hall–Kier alpha value is -1.34. The standard InChI is InChI=1S/C11H20N2O5/c1-6-4-13(5-7(2)18-6)11(17)12-9(8(3)14)10(15)16/h6-9,14H,4-5H2,1-3H3,(H,12,17)(H,15,16). The molecule has 1 saturated heterocycles. The molecule has 0 saturated carbocycles. The van der Waals surface area contributed by atoms with Crippen LogP contribution in [0.5, 0.6) is 0 Å². The van der Waals surface area contributed by atoms with Gasteiger partial charge in [0.25, 0.3) is 0 Å². The number of ether oxygens (including phenoxy) is 1. The van der Waals surface area contributed by atoms with Crippen molar-refractivity contribution in [1.82, 2.24) is 10.2 Å². The van der Waals surface area contributed by atoms with E-state index in [-0.39, 0.29) is 12.2 Å². The average molecular weight is 260 g/mol. The summed E-state index contributed by atoms with van der Waals surface area (Å²) < 4.78 is 5.48. The van der Waals surface area contributed by atoms with Gasteiger partial charge in [0.2, 0.25) is 0 Å². The van der Waals surface area contributed by atoms with Crippen molar-refractivity contribution in [2.24, 2.45) is 0 Å². The van der Waals surface area contributed by atoms with Crippen LogP contribution >= 0.6 is 0 Å². The van der Waals surface area contributed by atoms with E-state index in [1.807, 2.05) is 13.8 Å². The van der Waals surface area contributed by atoms with Gasteiger partial charge in [0, 0.05) is 13.1 Å². The first-order valence-corrected chi connectivity index (χ1v) is 5.93. The molecule has 18 heavy (non-hydrogen) atoms. The lowest BCUT2D eigenvalue weighted by molar-refractivity contribution is -0.141.